The number of allylic oxidation sites excluding steroid dienone is 1. The predicted octanol–water partition coefficient (Wildman–Crippen LogP) is 4.77. The van der Waals surface area contributed by atoms with Gasteiger partial charge in [-0.1, -0.05) is 17.7 Å². The first-order chi connectivity index (χ1) is 14.8. The third-order valence-electron chi connectivity index (χ3n) is 4.88. The largest absolute Gasteiger partial charge is 0.493 e. The maximum absolute atomic E-state index is 13.7. The van der Waals surface area contributed by atoms with E-state index in [1.54, 1.807) is 38.0 Å². The summed E-state index contributed by atoms with van der Waals surface area (Å²) in [5.41, 5.74) is 2.17. The lowest BCUT2D eigenvalue weighted by molar-refractivity contribution is -0.139. The summed E-state index contributed by atoms with van der Waals surface area (Å²) in [4.78, 5) is 14.6. The number of carbonyl (C=O) groups excluding carboxylic acids is 1. The number of esters is 1. The van der Waals surface area contributed by atoms with Gasteiger partial charge in [0.15, 0.2) is 16.6 Å². The highest BCUT2D eigenvalue weighted by atomic mass is 35.5. The minimum atomic E-state index is -0.585. The zero-order chi connectivity index (χ0) is 22.7. The Bertz CT molecular complexity index is 1060. The molecule has 0 aromatic heterocycles. The molecule has 1 N–H and O–H groups in total. The third kappa shape index (κ3) is 4.45. The van der Waals surface area contributed by atoms with Gasteiger partial charge in [-0.25, -0.2) is 9.18 Å². The van der Waals surface area contributed by atoms with Gasteiger partial charge in [0.25, 0.3) is 0 Å². The molecule has 164 valence electrons. The number of rotatable bonds is 6. The van der Waals surface area contributed by atoms with Crippen LogP contribution in [0.5, 0.6) is 11.5 Å². The average molecular weight is 465 g/mol. The van der Waals surface area contributed by atoms with Gasteiger partial charge in [0, 0.05) is 11.4 Å². The normalized spacial score (nSPS) is 16.1. The maximum atomic E-state index is 13.7. The van der Waals surface area contributed by atoms with Crippen LogP contribution >= 0.6 is 23.8 Å². The number of methoxy groups -OCH3 is 2. The zero-order valence-electron chi connectivity index (χ0n) is 17.5. The molecule has 9 heteroatoms. The molecule has 2 aromatic carbocycles. The molecule has 1 heterocycles. The Labute approximate surface area is 190 Å². The third-order valence-corrected chi connectivity index (χ3v) is 5.47. The number of halogens is 2. The Kier molecular flexibility index (Phi) is 7.02. The maximum Gasteiger partial charge on any atom is 0.338 e. The molecule has 0 saturated heterocycles. The minimum absolute atomic E-state index is 0.0483. The Morgan fingerprint density at radius 3 is 2.52 bits per heavy atom. The van der Waals surface area contributed by atoms with E-state index in [1.807, 2.05) is 6.07 Å². The van der Waals surface area contributed by atoms with Crippen LogP contribution in [0.25, 0.3) is 0 Å². The number of ether oxygens (including phenoxy) is 3. The predicted molar refractivity (Wildman–Crippen MR) is 121 cm³/mol. The topological polar surface area (TPSA) is 60.0 Å². The van der Waals surface area contributed by atoms with Crippen LogP contribution in [-0.4, -0.2) is 31.9 Å². The summed E-state index contributed by atoms with van der Waals surface area (Å²) >= 11 is 11.6. The summed E-state index contributed by atoms with van der Waals surface area (Å²) in [6.45, 7) is 3.70. The second kappa shape index (κ2) is 9.53. The molecule has 0 fully saturated rings. The van der Waals surface area contributed by atoms with Crippen molar-refractivity contribution >= 4 is 40.6 Å². The molecule has 1 unspecified atom stereocenters. The van der Waals surface area contributed by atoms with Crippen LogP contribution in [0, 0.1) is 5.82 Å². The number of benzene rings is 2. The van der Waals surface area contributed by atoms with Gasteiger partial charge >= 0.3 is 5.97 Å². The standard InChI is InChI=1S/C22H22ClFN2O4S/c1-5-30-21(27)19-12(2)26(14-7-8-16(24)15(23)11-14)22(31)25-20(19)13-6-9-17(28-3)18(10-13)29-4/h6-11,20H,5H2,1-4H3,(H,25,31). The van der Waals surface area contributed by atoms with Crippen LogP contribution in [0.15, 0.2) is 47.7 Å². The molecule has 0 bridgehead atoms. The van der Waals surface area contributed by atoms with Crippen molar-refractivity contribution in [3.8, 4) is 11.5 Å². The number of nitrogens with one attached hydrogen (secondary N) is 1. The second-order valence-electron chi connectivity index (χ2n) is 6.65. The minimum Gasteiger partial charge on any atom is -0.493 e. The van der Waals surface area contributed by atoms with Gasteiger partial charge in [-0.2, -0.15) is 0 Å². The summed E-state index contributed by atoms with van der Waals surface area (Å²) in [6.07, 6.45) is 0. The van der Waals surface area contributed by atoms with E-state index in [1.165, 1.54) is 25.3 Å². The highest BCUT2D eigenvalue weighted by Crippen LogP contribution is 2.38. The monoisotopic (exact) mass is 464 g/mol. The Morgan fingerprint density at radius 2 is 1.90 bits per heavy atom. The van der Waals surface area contributed by atoms with Crippen LogP contribution in [0.3, 0.4) is 0 Å². The lowest BCUT2D eigenvalue weighted by Crippen LogP contribution is -2.48. The molecule has 31 heavy (non-hydrogen) atoms. The fourth-order valence-corrected chi connectivity index (χ4v) is 3.97. The second-order valence-corrected chi connectivity index (χ2v) is 7.44. The summed E-state index contributed by atoms with van der Waals surface area (Å²) < 4.78 is 29.7. The van der Waals surface area contributed by atoms with E-state index in [2.05, 4.69) is 5.32 Å². The fourth-order valence-electron chi connectivity index (χ4n) is 3.43. The number of anilines is 1. The molecule has 6 nitrogen and oxygen atoms in total. The van der Waals surface area contributed by atoms with Crippen molar-refractivity contribution in [2.45, 2.75) is 19.9 Å². The van der Waals surface area contributed by atoms with Gasteiger partial charge in [-0.15, -0.1) is 0 Å². The Balaban J connectivity index is 2.15. The first kappa shape index (κ1) is 22.8. The first-order valence-electron chi connectivity index (χ1n) is 9.47. The van der Waals surface area contributed by atoms with Gasteiger partial charge in [0.1, 0.15) is 5.82 Å². The molecule has 2 aromatic rings. The molecule has 1 atom stereocenters. The van der Waals surface area contributed by atoms with Crippen molar-refractivity contribution in [1.29, 1.82) is 0 Å². The van der Waals surface area contributed by atoms with Crippen molar-refractivity contribution in [1.82, 2.24) is 5.32 Å². The van der Waals surface area contributed by atoms with E-state index in [0.29, 0.717) is 33.6 Å². The molecule has 3 rings (SSSR count). The number of carbonyl (C=O) groups is 1. The van der Waals surface area contributed by atoms with Gasteiger partial charge in [-0.05, 0) is 62.0 Å². The summed E-state index contributed by atoms with van der Waals surface area (Å²) in [6, 6.07) is 9.00. The summed E-state index contributed by atoms with van der Waals surface area (Å²) in [5, 5.41) is 3.47. The van der Waals surface area contributed by atoms with E-state index in [9.17, 15) is 9.18 Å². The summed E-state index contributed by atoms with van der Waals surface area (Å²) in [5.74, 6) is 0.0386. The zero-order valence-corrected chi connectivity index (χ0v) is 19.1. The Morgan fingerprint density at radius 1 is 1.19 bits per heavy atom. The van der Waals surface area contributed by atoms with Gasteiger partial charge < -0.3 is 19.5 Å². The van der Waals surface area contributed by atoms with E-state index in [0.717, 1.165) is 5.56 Å². The molecule has 0 amide bonds. The van der Waals surface area contributed by atoms with E-state index >= 15 is 0 Å². The van der Waals surface area contributed by atoms with Crippen molar-refractivity contribution < 1.29 is 23.4 Å². The SMILES string of the molecule is CCOC(=O)C1=C(C)N(c2ccc(F)c(Cl)c2)C(=S)NC1c1ccc(OC)c(OC)c1. The number of thiocarbonyl (C=S) groups is 1. The van der Waals surface area contributed by atoms with E-state index < -0.39 is 17.8 Å². The number of hydrogen-bond donors (Lipinski definition) is 1. The van der Waals surface area contributed by atoms with Gasteiger partial charge in [0.2, 0.25) is 0 Å². The average Bonchev–Trinajstić information content (AvgIpc) is 2.75. The lowest BCUT2D eigenvalue weighted by Gasteiger charge is -2.37. The van der Waals surface area contributed by atoms with Crippen molar-refractivity contribution in [3.05, 3.63) is 64.1 Å². The molecule has 0 saturated carbocycles. The fraction of sp³-hybridized carbons (Fsp3) is 0.273. The molecule has 0 spiro atoms. The molecule has 1 aliphatic heterocycles. The lowest BCUT2D eigenvalue weighted by atomic mass is 9.94. The quantitative estimate of drug-likeness (QED) is 0.488. The molecule has 0 aliphatic carbocycles. The van der Waals surface area contributed by atoms with Crippen LogP contribution < -0.4 is 19.7 Å². The van der Waals surface area contributed by atoms with E-state index in [-0.39, 0.29) is 11.6 Å². The number of nitrogens with zero attached hydrogens (tertiary/aromatic N) is 1. The molecule has 1 aliphatic rings. The van der Waals surface area contributed by atoms with Gasteiger partial charge in [0.05, 0.1) is 37.5 Å². The highest BCUT2D eigenvalue weighted by Gasteiger charge is 2.36. The van der Waals surface area contributed by atoms with Crippen LogP contribution in [-0.2, 0) is 9.53 Å². The van der Waals surface area contributed by atoms with Crippen molar-refractivity contribution in [3.63, 3.8) is 0 Å². The highest BCUT2D eigenvalue weighted by molar-refractivity contribution is 7.80. The molecular formula is C22H22ClFN2O4S. The van der Waals surface area contributed by atoms with Crippen LogP contribution in [0.1, 0.15) is 25.5 Å². The van der Waals surface area contributed by atoms with E-state index in [4.69, 9.17) is 38.0 Å². The van der Waals surface area contributed by atoms with Crippen molar-refractivity contribution in [2.24, 2.45) is 0 Å². The molecular weight excluding hydrogens is 443 g/mol. The Hall–Kier alpha value is -2.84. The number of hydrogen-bond acceptors (Lipinski definition) is 5. The van der Waals surface area contributed by atoms with Crippen LogP contribution in [0.4, 0.5) is 10.1 Å². The van der Waals surface area contributed by atoms with Gasteiger partial charge in [-0.3, -0.25) is 4.90 Å². The first-order valence-corrected chi connectivity index (χ1v) is 10.3. The molecule has 0 radical (unpaired) electrons. The summed E-state index contributed by atoms with van der Waals surface area (Å²) in [7, 11) is 3.08. The smallest absolute Gasteiger partial charge is 0.338 e. The van der Waals surface area contributed by atoms with Crippen molar-refractivity contribution in [2.75, 3.05) is 25.7 Å². The van der Waals surface area contributed by atoms with Crippen LogP contribution in [0.2, 0.25) is 5.02 Å².